The number of benzene rings is 1. The van der Waals surface area contributed by atoms with Crippen LogP contribution in [0.15, 0.2) is 42.2 Å². The number of phenols is 1. The molecular weight excluding hydrogens is 282 g/mol. The Hall–Kier alpha value is -2.43. The maximum absolute atomic E-state index is 11.5. The zero-order chi connectivity index (χ0) is 15.7. The van der Waals surface area contributed by atoms with Crippen LogP contribution in [-0.2, 0) is 16.1 Å². The first kappa shape index (κ1) is 14.5. The lowest BCUT2D eigenvalue weighted by Crippen LogP contribution is -2.48. The first-order valence-corrected chi connectivity index (χ1v) is 7.23. The molecule has 3 rings (SSSR count). The lowest BCUT2D eigenvalue weighted by atomic mass is 9.90. The Morgan fingerprint density at radius 1 is 1.55 bits per heavy atom. The molecule has 0 spiro atoms. The van der Waals surface area contributed by atoms with E-state index in [1.807, 2.05) is 31.2 Å². The fourth-order valence-electron chi connectivity index (χ4n) is 2.98. The molecule has 1 amide bonds. The number of rotatable bonds is 6. The van der Waals surface area contributed by atoms with Crippen LogP contribution in [0, 0.1) is 0 Å². The predicted octanol–water partition coefficient (Wildman–Crippen LogP) is 2.36. The van der Waals surface area contributed by atoms with Crippen molar-refractivity contribution in [2.75, 3.05) is 7.11 Å². The summed E-state index contributed by atoms with van der Waals surface area (Å²) in [5.41, 5.74) is 0.381. The number of carbonyl (C=O) groups excluding carboxylic acids is 1. The minimum atomic E-state index is -0.454. The van der Waals surface area contributed by atoms with Gasteiger partial charge in [0.25, 0.3) is 0 Å². The average Bonchev–Trinajstić information content (AvgIpc) is 3.14. The third kappa shape index (κ3) is 2.32. The van der Waals surface area contributed by atoms with Crippen molar-refractivity contribution in [1.82, 2.24) is 4.90 Å². The van der Waals surface area contributed by atoms with Gasteiger partial charge in [0.05, 0.1) is 13.2 Å². The second kappa shape index (κ2) is 5.40. The van der Waals surface area contributed by atoms with E-state index in [-0.39, 0.29) is 11.8 Å². The van der Waals surface area contributed by atoms with Crippen LogP contribution < -0.4 is 4.74 Å². The number of carbonyl (C=O) groups is 1. The number of amides is 1. The van der Waals surface area contributed by atoms with Gasteiger partial charge in [0.15, 0.2) is 17.1 Å². The summed E-state index contributed by atoms with van der Waals surface area (Å²) in [7, 11) is 1.50. The molecule has 1 aromatic carbocycles. The fourth-order valence-corrected chi connectivity index (χ4v) is 2.98. The Kier molecular flexibility index (Phi) is 3.56. The van der Waals surface area contributed by atoms with Crippen molar-refractivity contribution in [3.63, 3.8) is 0 Å². The summed E-state index contributed by atoms with van der Waals surface area (Å²) in [4.78, 5) is 13.2. The van der Waals surface area contributed by atoms with Crippen LogP contribution >= 0.6 is 0 Å². The molecule has 5 nitrogen and oxygen atoms in total. The molecule has 2 aliphatic heterocycles. The Morgan fingerprint density at radius 2 is 2.36 bits per heavy atom. The molecule has 5 heteroatoms. The molecule has 0 radical (unpaired) electrons. The Morgan fingerprint density at radius 3 is 2.86 bits per heavy atom. The van der Waals surface area contributed by atoms with E-state index < -0.39 is 5.60 Å². The third-order valence-corrected chi connectivity index (χ3v) is 4.41. The Bertz CT molecular complexity index is 652. The SMILES string of the molecule is COc1ccc(CN(C=O)[C@@H](C)[C@@]23C=CC(=CC2)O3)cc1O. The van der Waals surface area contributed by atoms with Crippen molar-refractivity contribution in [2.45, 2.75) is 31.5 Å². The van der Waals surface area contributed by atoms with Gasteiger partial charge in [-0.3, -0.25) is 4.79 Å². The molecule has 0 aromatic heterocycles. The van der Waals surface area contributed by atoms with Gasteiger partial charge in [-0.2, -0.15) is 0 Å². The normalized spacial score (nSPS) is 22.9. The topological polar surface area (TPSA) is 59.0 Å². The van der Waals surface area contributed by atoms with E-state index in [0.29, 0.717) is 12.3 Å². The number of hydrogen-bond acceptors (Lipinski definition) is 4. The molecule has 1 aromatic rings. The summed E-state index contributed by atoms with van der Waals surface area (Å²) < 4.78 is 10.9. The molecule has 0 unspecified atom stereocenters. The molecule has 2 heterocycles. The van der Waals surface area contributed by atoms with Gasteiger partial charge in [-0.1, -0.05) is 6.07 Å². The molecule has 116 valence electrons. The van der Waals surface area contributed by atoms with E-state index in [9.17, 15) is 9.90 Å². The number of methoxy groups -OCH3 is 1. The van der Waals surface area contributed by atoms with Crippen molar-refractivity contribution >= 4 is 6.41 Å². The number of hydrogen-bond donors (Lipinski definition) is 1. The predicted molar refractivity (Wildman–Crippen MR) is 81.4 cm³/mol. The number of ether oxygens (including phenoxy) is 2. The molecule has 2 aliphatic rings. The quantitative estimate of drug-likeness (QED) is 0.820. The highest BCUT2D eigenvalue weighted by atomic mass is 16.5. The van der Waals surface area contributed by atoms with E-state index in [1.54, 1.807) is 17.0 Å². The molecule has 0 fully saturated rings. The summed E-state index contributed by atoms with van der Waals surface area (Å²) in [6.07, 6.45) is 7.61. The molecule has 2 atom stereocenters. The van der Waals surface area contributed by atoms with E-state index in [1.165, 1.54) is 7.11 Å². The standard InChI is InChI=1S/C17H19NO4/c1-12(17-7-5-14(22-17)6-8-17)18(11-19)10-13-3-4-16(21-2)15(20)9-13/h3-7,9,11-12,20H,8,10H2,1-2H3/t12-,17+/m0/s1. The highest BCUT2D eigenvalue weighted by Gasteiger charge is 2.45. The molecule has 0 saturated heterocycles. The lowest BCUT2D eigenvalue weighted by molar-refractivity contribution is -0.124. The highest BCUT2D eigenvalue weighted by molar-refractivity contribution is 5.51. The van der Waals surface area contributed by atoms with Crippen LogP contribution in [0.1, 0.15) is 18.9 Å². The van der Waals surface area contributed by atoms with Crippen LogP contribution in [-0.4, -0.2) is 35.2 Å². The van der Waals surface area contributed by atoms with Gasteiger partial charge in [0.1, 0.15) is 5.76 Å². The zero-order valence-electron chi connectivity index (χ0n) is 12.7. The van der Waals surface area contributed by atoms with Gasteiger partial charge in [-0.05, 0) is 42.8 Å². The molecule has 1 N–H and O–H groups in total. The van der Waals surface area contributed by atoms with E-state index in [4.69, 9.17) is 9.47 Å². The monoisotopic (exact) mass is 301 g/mol. The van der Waals surface area contributed by atoms with E-state index in [0.717, 1.165) is 24.2 Å². The maximum atomic E-state index is 11.5. The van der Waals surface area contributed by atoms with Crippen LogP contribution in [0.3, 0.4) is 0 Å². The van der Waals surface area contributed by atoms with Crippen LogP contribution in [0.2, 0.25) is 0 Å². The number of phenolic OH excluding ortho intramolecular Hbond substituents is 1. The number of aromatic hydroxyl groups is 1. The van der Waals surface area contributed by atoms with Crippen LogP contribution in [0.5, 0.6) is 11.5 Å². The number of fused-ring (bicyclic) bond motifs is 2. The minimum Gasteiger partial charge on any atom is -0.504 e. The lowest BCUT2D eigenvalue weighted by Gasteiger charge is -2.36. The van der Waals surface area contributed by atoms with Crippen molar-refractivity contribution in [3.05, 3.63) is 47.7 Å². The van der Waals surface area contributed by atoms with Crippen LogP contribution in [0.4, 0.5) is 0 Å². The van der Waals surface area contributed by atoms with E-state index in [2.05, 4.69) is 0 Å². The third-order valence-electron chi connectivity index (χ3n) is 4.41. The summed E-state index contributed by atoms with van der Waals surface area (Å²) in [5, 5.41) is 9.85. The van der Waals surface area contributed by atoms with Gasteiger partial charge >= 0.3 is 0 Å². The van der Waals surface area contributed by atoms with Gasteiger partial charge < -0.3 is 19.5 Å². The van der Waals surface area contributed by atoms with Crippen molar-refractivity contribution < 1.29 is 19.4 Å². The first-order chi connectivity index (χ1) is 10.6. The summed E-state index contributed by atoms with van der Waals surface area (Å²) in [6.45, 7) is 2.38. The van der Waals surface area contributed by atoms with Gasteiger partial charge in [0, 0.05) is 13.0 Å². The van der Waals surface area contributed by atoms with Gasteiger partial charge in [-0.25, -0.2) is 0 Å². The van der Waals surface area contributed by atoms with Crippen molar-refractivity contribution in [3.8, 4) is 11.5 Å². The second-order valence-electron chi connectivity index (χ2n) is 5.66. The smallest absolute Gasteiger partial charge is 0.210 e. The maximum Gasteiger partial charge on any atom is 0.210 e. The molecule has 2 bridgehead atoms. The first-order valence-electron chi connectivity index (χ1n) is 7.23. The Balaban J connectivity index is 1.76. The number of nitrogens with zero attached hydrogens (tertiary/aromatic N) is 1. The minimum absolute atomic E-state index is 0.0681. The second-order valence-corrected chi connectivity index (χ2v) is 5.66. The fraction of sp³-hybridized carbons (Fsp3) is 0.353. The van der Waals surface area contributed by atoms with Gasteiger partial charge in [-0.15, -0.1) is 0 Å². The summed E-state index contributed by atoms with van der Waals surface area (Å²) >= 11 is 0. The molecule has 0 saturated carbocycles. The summed E-state index contributed by atoms with van der Waals surface area (Å²) in [5.74, 6) is 1.36. The average molecular weight is 301 g/mol. The molecule has 0 aliphatic carbocycles. The molecule has 22 heavy (non-hydrogen) atoms. The largest absolute Gasteiger partial charge is 0.504 e. The van der Waals surface area contributed by atoms with Crippen molar-refractivity contribution in [2.24, 2.45) is 0 Å². The Labute approximate surface area is 129 Å². The zero-order valence-corrected chi connectivity index (χ0v) is 12.7. The molecular formula is C17H19NO4. The van der Waals surface area contributed by atoms with Crippen LogP contribution in [0.25, 0.3) is 0 Å². The summed E-state index contributed by atoms with van der Waals surface area (Å²) in [6, 6.07) is 5.03. The van der Waals surface area contributed by atoms with Crippen molar-refractivity contribution in [1.29, 1.82) is 0 Å². The number of allylic oxidation sites excluding steroid dienone is 1. The highest BCUT2D eigenvalue weighted by Crippen LogP contribution is 2.41. The van der Waals surface area contributed by atoms with Gasteiger partial charge in [0.2, 0.25) is 6.41 Å². The van der Waals surface area contributed by atoms with E-state index >= 15 is 0 Å².